The number of ether oxygens (including phenoxy) is 1. The monoisotopic (exact) mass is 297 g/mol. The Kier molecular flexibility index (Phi) is 3.72. The van der Waals surface area contributed by atoms with Crippen molar-refractivity contribution in [3.63, 3.8) is 0 Å². The number of rotatable bonds is 3. The van der Waals surface area contributed by atoms with E-state index < -0.39 is 39.0 Å². The van der Waals surface area contributed by atoms with Crippen molar-refractivity contribution in [2.75, 3.05) is 7.11 Å². The van der Waals surface area contributed by atoms with Gasteiger partial charge in [-0.1, -0.05) is 0 Å². The molecule has 1 unspecified atom stereocenters. The third-order valence-corrected chi connectivity index (χ3v) is 3.27. The van der Waals surface area contributed by atoms with Crippen LogP contribution in [0.15, 0.2) is 6.07 Å². The molecule has 0 aliphatic carbocycles. The lowest BCUT2D eigenvalue weighted by molar-refractivity contribution is -0.396. The summed E-state index contributed by atoms with van der Waals surface area (Å²) < 4.78 is 4.57. The molecule has 1 aliphatic heterocycles. The van der Waals surface area contributed by atoms with Crippen LogP contribution in [-0.4, -0.2) is 34.1 Å². The molecule has 0 fully saturated rings. The van der Waals surface area contributed by atoms with Gasteiger partial charge in [-0.15, -0.1) is 0 Å². The molecule has 1 heterocycles. The Morgan fingerprint density at radius 2 is 2.10 bits per heavy atom. The average molecular weight is 297 g/mol. The minimum absolute atomic E-state index is 0.00394. The Labute approximate surface area is 117 Å². The van der Waals surface area contributed by atoms with Crippen LogP contribution in [0.25, 0.3) is 0 Å². The number of phenols is 1. The predicted molar refractivity (Wildman–Crippen MR) is 67.8 cm³/mol. The summed E-state index contributed by atoms with van der Waals surface area (Å²) in [6.45, 7) is -0.0725. The van der Waals surface area contributed by atoms with Gasteiger partial charge in [0.15, 0.2) is 0 Å². The van der Waals surface area contributed by atoms with Gasteiger partial charge in [-0.05, 0) is 12.0 Å². The van der Waals surface area contributed by atoms with Crippen molar-refractivity contribution >= 4 is 17.3 Å². The number of nitro groups is 2. The Hall–Kier alpha value is -2.75. The smallest absolute Gasteiger partial charge is 0.323 e. The summed E-state index contributed by atoms with van der Waals surface area (Å²) in [6.07, 6.45) is 0.00394. The molecule has 1 atom stereocenters. The highest BCUT2D eigenvalue weighted by Crippen LogP contribution is 2.41. The molecule has 21 heavy (non-hydrogen) atoms. The van der Waals surface area contributed by atoms with Crippen molar-refractivity contribution in [2.45, 2.75) is 19.0 Å². The number of methoxy groups -OCH3 is 1. The molecule has 2 N–H and O–H groups in total. The summed E-state index contributed by atoms with van der Waals surface area (Å²) in [5.41, 5.74) is -1.08. The highest BCUT2D eigenvalue weighted by molar-refractivity contribution is 5.77. The molecule has 2 rings (SSSR count). The standard InChI is InChI=1S/C11H11N3O7/c1-21-11(16)7-2-5-3-8(13(17)18)10(15)9(14(19)20)6(5)4-12-7/h3,7,12,15H,2,4H2,1H3. The molecular formula is C11H11N3O7. The van der Waals surface area contributed by atoms with E-state index in [1.807, 2.05) is 0 Å². The molecule has 112 valence electrons. The average Bonchev–Trinajstić information content (AvgIpc) is 2.44. The van der Waals surface area contributed by atoms with Gasteiger partial charge in [-0.3, -0.25) is 30.3 Å². The van der Waals surface area contributed by atoms with E-state index in [2.05, 4.69) is 10.1 Å². The number of benzene rings is 1. The van der Waals surface area contributed by atoms with E-state index in [1.54, 1.807) is 0 Å². The first-order valence-corrected chi connectivity index (χ1v) is 5.84. The molecule has 0 amide bonds. The highest BCUT2D eigenvalue weighted by Gasteiger charge is 2.36. The molecule has 10 heteroatoms. The van der Waals surface area contributed by atoms with Crippen LogP contribution in [0, 0.1) is 20.2 Å². The first-order chi connectivity index (χ1) is 9.86. The maximum atomic E-state index is 11.5. The van der Waals surface area contributed by atoms with E-state index in [0.29, 0.717) is 0 Å². The van der Waals surface area contributed by atoms with Crippen LogP contribution in [-0.2, 0) is 22.5 Å². The highest BCUT2D eigenvalue weighted by atomic mass is 16.6. The number of nitrogens with zero attached hydrogens (tertiary/aromatic N) is 2. The number of esters is 1. The third-order valence-electron chi connectivity index (χ3n) is 3.27. The SMILES string of the molecule is COC(=O)C1Cc2cc([N+](=O)[O-])c(O)c([N+](=O)[O-])c2CN1. The van der Waals surface area contributed by atoms with Crippen LogP contribution >= 0.6 is 0 Å². The van der Waals surface area contributed by atoms with Gasteiger partial charge in [-0.25, -0.2) is 0 Å². The van der Waals surface area contributed by atoms with E-state index in [0.717, 1.165) is 6.07 Å². The molecule has 0 bridgehead atoms. The molecule has 0 aromatic heterocycles. The molecule has 1 aliphatic rings. The van der Waals surface area contributed by atoms with Crippen molar-refractivity contribution in [3.8, 4) is 5.75 Å². The fourth-order valence-corrected chi connectivity index (χ4v) is 2.28. The Morgan fingerprint density at radius 3 is 2.62 bits per heavy atom. The normalized spacial score (nSPS) is 16.9. The summed E-state index contributed by atoms with van der Waals surface area (Å²) in [6, 6.07) is 0.306. The van der Waals surface area contributed by atoms with Gasteiger partial charge in [0.05, 0.1) is 22.5 Å². The number of nitrogens with one attached hydrogen (secondary N) is 1. The summed E-state index contributed by atoms with van der Waals surface area (Å²) in [5.74, 6) is -1.55. The number of hydrogen-bond donors (Lipinski definition) is 2. The van der Waals surface area contributed by atoms with Gasteiger partial charge in [0.25, 0.3) is 5.75 Å². The maximum absolute atomic E-state index is 11.5. The summed E-state index contributed by atoms with van der Waals surface area (Å²) in [4.78, 5) is 31.6. The Bertz CT molecular complexity index is 643. The molecule has 10 nitrogen and oxygen atoms in total. The zero-order chi connectivity index (χ0) is 15.7. The molecule has 0 saturated heterocycles. The first-order valence-electron chi connectivity index (χ1n) is 5.84. The number of phenolic OH excluding ortho intramolecular Hbond substituents is 1. The molecule has 1 aromatic rings. The zero-order valence-corrected chi connectivity index (χ0v) is 10.9. The van der Waals surface area contributed by atoms with Crippen LogP contribution in [0.4, 0.5) is 11.4 Å². The van der Waals surface area contributed by atoms with Gasteiger partial charge in [0.1, 0.15) is 6.04 Å². The van der Waals surface area contributed by atoms with Crippen LogP contribution in [0.1, 0.15) is 11.1 Å². The fraction of sp³-hybridized carbons (Fsp3) is 0.364. The van der Waals surface area contributed by atoms with E-state index in [4.69, 9.17) is 0 Å². The third kappa shape index (κ3) is 2.48. The second kappa shape index (κ2) is 5.32. The minimum atomic E-state index is -0.984. The lowest BCUT2D eigenvalue weighted by atomic mass is 9.93. The van der Waals surface area contributed by atoms with Crippen molar-refractivity contribution < 1.29 is 24.5 Å². The van der Waals surface area contributed by atoms with Crippen LogP contribution in [0.3, 0.4) is 0 Å². The van der Waals surface area contributed by atoms with Crippen molar-refractivity contribution in [1.82, 2.24) is 5.32 Å². The quantitative estimate of drug-likeness (QED) is 0.463. The largest absolute Gasteiger partial charge is 0.497 e. The zero-order valence-electron chi connectivity index (χ0n) is 10.9. The molecule has 0 saturated carbocycles. The van der Waals surface area contributed by atoms with Gasteiger partial charge in [0.2, 0.25) is 0 Å². The summed E-state index contributed by atoms with van der Waals surface area (Å²) in [5, 5.41) is 34.4. The first kappa shape index (κ1) is 14.7. The lowest BCUT2D eigenvalue weighted by Gasteiger charge is -2.24. The second-order valence-electron chi connectivity index (χ2n) is 4.41. The van der Waals surface area contributed by atoms with Crippen LogP contribution in [0.5, 0.6) is 5.75 Å². The van der Waals surface area contributed by atoms with E-state index in [1.165, 1.54) is 7.11 Å². The number of aromatic hydroxyl groups is 1. The Morgan fingerprint density at radius 1 is 1.43 bits per heavy atom. The molecule has 0 radical (unpaired) electrons. The molecular weight excluding hydrogens is 286 g/mol. The summed E-state index contributed by atoms with van der Waals surface area (Å²) >= 11 is 0. The van der Waals surface area contributed by atoms with Crippen molar-refractivity contribution in [3.05, 3.63) is 37.4 Å². The van der Waals surface area contributed by atoms with E-state index in [9.17, 15) is 30.1 Å². The number of carbonyl (C=O) groups is 1. The molecule has 1 aromatic carbocycles. The number of fused-ring (bicyclic) bond motifs is 1. The van der Waals surface area contributed by atoms with Gasteiger partial charge in [-0.2, -0.15) is 0 Å². The van der Waals surface area contributed by atoms with Crippen molar-refractivity contribution in [1.29, 1.82) is 0 Å². The summed E-state index contributed by atoms with van der Waals surface area (Å²) in [7, 11) is 1.20. The lowest BCUT2D eigenvalue weighted by Crippen LogP contribution is -2.42. The topological polar surface area (TPSA) is 145 Å². The molecule has 0 spiro atoms. The fourth-order valence-electron chi connectivity index (χ4n) is 2.28. The maximum Gasteiger partial charge on any atom is 0.323 e. The van der Waals surface area contributed by atoms with Crippen LogP contribution in [0.2, 0.25) is 0 Å². The second-order valence-corrected chi connectivity index (χ2v) is 4.41. The van der Waals surface area contributed by atoms with Gasteiger partial charge in [0, 0.05) is 12.6 Å². The predicted octanol–water partition coefficient (Wildman–Crippen LogP) is 0.396. The van der Waals surface area contributed by atoms with Crippen molar-refractivity contribution in [2.24, 2.45) is 0 Å². The Balaban J connectivity index is 2.57. The van der Waals surface area contributed by atoms with Gasteiger partial charge >= 0.3 is 17.3 Å². The minimum Gasteiger partial charge on any atom is -0.497 e. The number of nitro benzene ring substituents is 2. The van der Waals surface area contributed by atoms with E-state index >= 15 is 0 Å². The van der Waals surface area contributed by atoms with Gasteiger partial charge < -0.3 is 9.84 Å². The van der Waals surface area contributed by atoms with Crippen LogP contribution < -0.4 is 5.32 Å². The van der Waals surface area contributed by atoms with E-state index in [-0.39, 0.29) is 24.1 Å². The number of hydrogen-bond acceptors (Lipinski definition) is 8. The number of carbonyl (C=O) groups excluding carboxylic acids is 1.